The molecule has 1 atom stereocenters. The standard InChI is InChI=1S/C30H31BNO/c1-2-10-26(11-3-1)29-30(33-31-32-29,20-22-14-16-24-8-4-6-12-27(24)18-22)21-23-15-17-25-9-5-7-13-28(25)19-23/h4-9,12-19,26,29,32H,1-3,10-11,20-21H2/t29-/m1/s1. The maximum absolute atomic E-state index is 6.60. The Hall–Kier alpha value is -2.62. The fourth-order valence-corrected chi connectivity index (χ4v) is 6.24. The van der Waals surface area contributed by atoms with Crippen LogP contribution in [0, 0.1) is 5.92 Å². The average molecular weight is 432 g/mol. The van der Waals surface area contributed by atoms with Crippen molar-refractivity contribution in [1.82, 2.24) is 5.23 Å². The van der Waals surface area contributed by atoms with E-state index in [9.17, 15) is 0 Å². The minimum absolute atomic E-state index is 0.271. The fourth-order valence-electron chi connectivity index (χ4n) is 6.24. The number of hydrogen-bond acceptors (Lipinski definition) is 2. The highest BCUT2D eigenvalue weighted by atomic mass is 16.5. The zero-order chi connectivity index (χ0) is 22.1. The Bertz CT molecular complexity index is 1180. The molecule has 1 heterocycles. The molecule has 2 nitrogen and oxygen atoms in total. The maximum Gasteiger partial charge on any atom is 0.396 e. The van der Waals surface area contributed by atoms with Gasteiger partial charge in [-0.15, -0.1) is 0 Å². The first-order valence-electron chi connectivity index (χ1n) is 12.5. The molecule has 0 spiro atoms. The van der Waals surface area contributed by atoms with Crippen LogP contribution in [0.5, 0.6) is 0 Å². The second-order valence-corrected chi connectivity index (χ2v) is 10.1. The van der Waals surface area contributed by atoms with Gasteiger partial charge in [0.1, 0.15) is 0 Å². The van der Waals surface area contributed by atoms with E-state index in [1.54, 1.807) is 0 Å². The molecule has 0 amide bonds. The Balaban J connectivity index is 1.38. The van der Waals surface area contributed by atoms with Crippen LogP contribution in [0.2, 0.25) is 0 Å². The molecule has 4 aromatic rings. The highest BCUT2D eigenvalue weighted by Crippen LogP contribution is 2.39. The van der Waals surface area contributed by atoms with Gasteiger partial charge in [0, 0.05) is 18.9 Å². The Morgan fingerprint density at radius 2 is 1.24 bits per heavy atom. The number of hydrogen-bond donors (Lipinski definition) is 1. The Morgan fingerprint density at radius 3 is 1.82 bits per heavy atom. The van der Waals surface area contributed by atoms with Crippen LogP contribution in [-0.2, 0) is 17.5 Å². The topological polar surface area (TPSA) is 21.3 Å². The minimum atomic E-state index is -0.271. The van der Waals surface area contributed by atoms with E-state index in [0.717, 1.165) is 12.8 Å². The second kappa shape index (κ2) is 8.97. The molecule has 1 radical (unpaired) electrons. The third kappa shape index (κ3) is 4.21. The molecule has 3 heteroatoms. The first-order chi connectivity index (χ1) is 16.3. The van der Waals surface area contributed by atoms with Gasteiger partial charge in [0.25, 0.3) is 0 Å². The van der Waals surface area contributed by atoms with Gasteiger partial charge in [-0.25, -0.2) is 0 Å². The molecule has 0 aromatic heterocycles. The van der Waals surface area contributed by atoms with E-state index in [2.05, 4.69) is 90.2 Å². The molecule has 2 aliphatic rings. The molecule has 1 aliphatic carbocycles. The minimum Gasteiger partial charge on any atom is -0.416 e. The van der Waals surface area contributed by atoms with Crippen molar-refractivity contribution in [2.75, 3.05) is 0 Å². The van der Waals surface area contributed by atoms with Crippen LogP contribution < -0.4 is 5.23 Å². The maximum atomic E-state index is 6.60. The quantitative estimate of drug-likeness (QED) is 0.358. The van der Waals surface area contributed by atoms with Crippen LogP contribution in [0.1, 0.15) is 43.2 Å². The SMILES string of the molecule is [B]1N[C@H](C2CCCCC2)C(Cc2ccc3ccccc3c2)(Cc2ccc3ccccc3c2)O1. The molecular formula is C30H31BNO. The van der Waals surface area contributed by atoms with Crippen LogP contribution in [-0.4, -0.2) is 19.3 Å². The third-order valence-corrected chi connectivity index (χ3v) is 7.86. The number of benzene rings is 4. The predicted octanol–water partition coefficient (Wildman–Crippen LogP) is 6.62. The van der Waals surface area contributed by atoms with Gasteiger partial charge in [0.05, 0.1) is 5.60 Å². The summed E-state index contributed by atoms with van der Waals surface area (Å²) in [5, 5.41) is 8.89. The molecule has 4 aromatic carbocycles. The lowest BCUT2D eigenvalue weighted by Crippen LogP contribution is -2.52. The summed E-state index contributed by atoms with van der Waals surface area (Å²) < 4.78 is 6.60. The van der Waals surface area contributed by atoms with E-state index in [1.807, 2.05) is 7.62 Å². The lowest BCUT2D eigenvalue weighted by molar-refractivity contribution is 0.0437. The van der Waals surface area contributed by atoms with Gasteiger partial charge in [-0.05, 0) is 51.4 Å². The monoisotopic (exact) mass is 432 g/mol. The van der Waals surface area contributed by atoms with Gasteiger partial charge < -0.3 is 9.88 Å². The fraction of sp³-hybridized carbons (Fsp3) is 0.333. The highest BCUT2D eigenvalue weighted by molar-refractivity contribution is 6.25. The van der Waals surface area contributed by atoms with Crippen molar-refractivity contribution in [2.45, 2.75) is 56.6 Å². The molecule has 1 saturated heterocycles. The predicted molar refractivity (Wildman–Crippen MR) is 138 cm³/mol. The van der Waals surface area contributed by atoms with Crippen molar-refractivity contribution < 1.29 is 4.65 Å². The first-order valence-corrected chi connectivity index (χ1v) is 12.5. The Kier molecular flexibility index (Phi) is 5.69. The summed E-state index contributed by atoms with van der Waals surface area (Å²) in [5.41, 5.74) is 2.44. The molecule has 33 heavy (non-hydrogen) atoms. The molecule has 1 N–H and O–H groups in total. The van der Waals surface area contributed by atoms with Gasteiger partial charge in [0.2, 0.25) is 0 Å². The summed E-state index contributed by atoms with van der Waals surface area (Å²) in [5.74, 6) is 0.665. The normalized spacial score (nSPS) is 20.8. The van der Waals surface area contributed by atoms with E-state index in [0.29, 0.717) is 12.0 Å². The van der Waals surface area contributed by atoms with E-state index < -0.39 is 0 Å². The summed E-state index contributed by atoms with van der Waals surface area (Å²) in [6.07, 6.45) is 8.47. The summed E-state index contributed by atoms with van der Waals surface area (Å²) >= 11 is 0. The summed E-state index contributed by atoms with van der Waals surface area (Å²) in [6.45, 7) is 0. The molecule has 0 bridgehead atoms. The van der Waals surface area contributed by atoms with Crippen LogP contribution in [0.3, 0.4) is 0 Å². The van der Waals surface area contributed by atoms with E-state index in [4.69, 9.17) is 4.65 Å². The molecule has 6 rings (SSSR count). The van der Waals surface area contributed by atoms with Gasteiger partial charge in [0.15, 0.2) is 0 Å². The zero-order valence-corrected chi connectivity index (χ0v) is 19.2. The van der Waals surface area contributed by atoms with Gasteiger partial charge in [-0.3, -0.25) is 0 Å². The van der Waals surface area contributed by atoms with Crippen molar-refractivity contribution in [2.24, 2.45) is 5.92 Å². The van der Waals surface area contributed by atoms with Crippen LogP contribution in [0.4, 0.5) is 0 Å². The summed E-state index contributed by atoms with van der Waals surface area (Å²) in [6, 6.07) is 31.5. The molecule has 165 valence electrons. The lowest BCUT2D eigenvalue weighted by Gasteiger charge is -2.41. The van der Waals surface area contributed by atoms with E-state index in [-0.39, 0.29) is 5.60 Å². The molecule has 2 fully saturated rings. The Morgan fingerprint density at radius 1 is 0.697 bits per heavy atom. The van der Waals surface area contributed by atoms with Crippen molar-refractivity contribution in [3.05, 3.63) is 96.1 Å². The van der Waals surface area contributed by atoms with Crippen molar-refractivity contribution in [3.63, 3.8) is 0 Å². The number of fused-ring (bicyclic) bond motifs is 2. The van der Waals surface area contributed by atoms with Crippen molar-refractivity contribution in [3.8, 4) is 0 Å². The second-order valence-electron chi connectivity index (χ2n) is 10.1. The van der Waals surface area contributed by atoms with E-state index in [1.165, 1.54) is 64.8 Å². The van der Waals surface area contributed by atoms with Gasteiger partial charge in [-0.2, -0.15) is 0 Å². The van der Waals surface area contributed by atoms with Gasteiger partial charge >= 0.3 is 7.62 Å². The number of rotatable bonds is 5. The highest BCUT2D eigenvalue weighted by Gasteiger charge is 2.48. The molecule has 1 saturated carbocycles. The van der Waals surface area contributed by atoms with E-state index >= 15 is 0 Å². The molecule has 1 aliphatic heterocycles. The Labute approximate surface area is 197 Å². The molecule has 0 unspecified atom stereocenters. The van der Waals surface area contributed by atoms with Crippen LogP contribution in [0.25, 0.3) is 21.5 Å². The zero-order valence-electron chi connectivity index (χ0n) is 19.2. The third-order valence-electron chi connectivity index (χ3n) is 7.86. The van der Waals surface area contributed by atoms with Crippen molar-refractivity contribution >= 4 is 29.2 Å². The van der Waals surface area contributed by atoms with Crippen LogP contribution >= 0.6 is 0 Å². The van der Waals surface area contributed by atoms with Crippen LogP contribution in [0.15, 0.2) is 84.9 Å². The first kappa shape index (κ1) is 21.0. The largest absolute Gasteiger partial charge is 0.416 e. The lowest BCUT2D eigenvalue weighted by atomic mass is 9.72. The smallest absolute Gasteiger partial charge is 0.396 e. The van der Waals surface area contributed by atoms with Crippen molar-refractivity contribution in [1.29, 1.82) is 0 Å². The number of nitrogens with one attached hydrogen (secondary N) is 1. The summed E-state index contributed by atoms with van der Waals surface area (Å²) in [4.78, 5) is 0. The average Bonchev–Trinajstić information content (AvgIpc) is 3.27. The molecular weight excluding hydrogens is 401 g/mol. The van der Waals surface area contributed by atoms with Gasteiger partial charge in [-0.1, -0.05) is 104 Å². The summed E-state index contributed by atoms with van der Waals surface area (Å²) in [7, 11) is 1.89.